The van der Waals surface area contributed by atoms with E-state index < -0.39 is 0 Å². The Hall–Kier alpha value is -1.41. The molecule has 1 nitrogen and oxygen atoms in total. The van der Waals surface area contributed by atoms with Crippen molar-refractivity contribution in [2.75, 3.05) is 0 Å². The number of carbonyl (C=O) groups is 1. The monoisotopic (exact) mass is 258 g/mol. The van der Waals surface area contributed by atoms with E-state index >= 15 is 0 Å². The Balaban J connectivity index is 2.25. The molecule has 0 radical (unpaired) electrons. The first-order valence-corrected chi connectivity index (χ1v) is 7.25. The van der Waals surface area contributed by atoms with Crippen LogP contribution in [0.2, 0.25) is 0 Å². The number of ketones is 1. The summed E-state index contributed by atoms with van der Waals surface area (Å²) in [5.41, 5.74) is 1.12. The molecule has 0 amide bonds. The summed E-state index contributed by atoms with van der Waals surface area (Å²) in [5, 5.41) is 0. The van der Waals surface area contributed by atoms with Crippen molar-refractivity contribution in [1.82, 2.24) is 0 Å². The number of rotatable bonds is 5. The normalized spacial score (nSPS) is 12.3. The summed E-state index contributed by atoms with van der Waals surface area (Å²) in [6, 6.07) is 14.1. The van der Waals surface area contributed by atoms with Crippen LogP contribution in [0.1, 0.15) is 46.3 Å². The van der Waals surface area contributed by atoms with Gasteiger partial charge in [-0.1, -0.05) is 44.2 Å². The molecule has 94 valence electrons. The van der Waals surface area contributed by atoms with E-state index in [0.29, 0.717) is 0 Å². The second kappa shape index (κ2) is 5.96. The summed E-state index contributed by atoms with van der Waals surface area (Å²) >= 11 is 1.63. The van der Waals surface area contributed by atoms with Crippen LogP contribution >= 0.6 is 11.3 Å². The predicted molar refractivity (Wildman–Crippen MR) is 77.5 cm³/mol. The van der Waals surface area contributed by atoms with E-state index in [1.807, 2.05) is 36.4 Å². The first-order chi connectivity index (χ1) is 8.76. The largest absolute Gasteiger partial charge is 0.293 e. The van der Waals surface area contributed by atoms with E-state index in [4.69, 9.17) is 0 Å². The highest BCUT2D eigenvalue weighted by Gasteiger charge is 2.21. The summed E-state index contributed by atoms with van der Waals surface area (Å²) in [6.07, 6.45) is 1.85. The number of Topliss-reactive ketones (excluding diaryl/α,β-unsaturated/α-hetero) is 1. The van der Waals surface area contributed by atoms with Gasteiger partial charge in [-0.25, -0.2) is 0 Å². The van der Waals surface area contributed by atoms with Crippen LogP contribution in [-0.2, 0) is 6.42 Å². The molecule has 2 rings (SSSR count). The van der Waals surface area contributed by atoms with Crippen LogP contribution < -0.4 is 0 Å². The Kier molecular flexibility index (Phi) is 4.32. The fourth-order valence-corrected chi connectivity index (χ4v) is 3.07. The molecule has 1 atom stereocenters. The Morgan fingerprint density at radius 3 is 2.39 bits per heavy atom. The molecule has 1 aromatic carbocycles. The smallest absolute Gasteiger partial charge is 0.180 e. The third kappa shape index (κ3) is 2.70. The lowest BCUT2D eigenvalue weighted by Gasteiger charge is -2.12. The van der Waals surface area contributed by atoms with Gasteiger partial charge in [0, 0.05) is 10.8 Å². The third-order valence-electron chi connectivity index (χ3n) is 3.18. The highest BCUT2D eigenvalue weighted by atomic mass is 32.1. The quantitative estimate of drug-likeness (QED) is 0.711. The van der Waals surface area contributed by atoms with E-state index in [0.717, 1.165) is 23.3 Å². The standard InChI is InChI=1S/C16H18OS/c1-3-13-10-11-15(18-13)16(17)14(4-2)12-8-6-5-7-9-12/h5-11,14H,3-4H2,1-2H3. The van der Waals surface area contributed by atoms with Gasteiger partial charge in [-0.3, -0.25) is 4.79 Å². The average Bonchev–Trinajstić information content (AvgIpc) is 2.89. The lowest BCUT2D eigenvalue weighted by atomic mass is 9.91. The molecule has 0 spiro atoms. The van der Waals surface area contributed by atoms with Gasteiger partial charge in [-0.2, -0.15) is 0 Å². The summed E-state index contributed by atoms with van der Waals surface area (Å²) in [4.78, 5) is 14.7. The van der Waals surface area contributed by atoms with Crippen LogP contribution in [0.4, 0.5) is 0 Å². The molecule has 0 N–H and O–H groups in total. The number of thiophene rings is 1. The maximum atomic E-state index is 12.5. The van der Waals surface area contributed by atoms with Gasteiger partial charge in [-0.15, -0.1) is 11.3 Å². The second-order valence-corrected chi connectivity index (χ2v) is 5.52. The van der Waals surface area contributed by atoms with E-state index in [2.05, 4.69) is 19.9 Å². The molecule has 2 heteroatoms. The molecular weight excluding hydrogens is 240 g/mol. The maximum absolute atomic E-state index is 12.5. The molecule has 2 aromatic rings. The van der Waals surface area contributed by atoms with Crippen LogP contribution in [0.3, 0.4) is 0 Å². The molecular formula is C16H18OS. The van der Waals surface area contributed by atoms with Gasteiger partial charge in [0.2, 0.25) is 0 Å². The van der Waals surface area contributed by atoms with E-state index in [-0.39, 0.29) is 11.7 Å². The minimum Gasteiger partial charge on any atom is -0.293 e. The summed E-state index contributed by atoms with van der Waals surface area (Å²) in [5.74, 6) is 0.253. The van der Waals surface area contributed by atoms with Gasteiger partial charge in [0.1, 0.15) is 0 Å². The summed E-state index contributed by atoms with van der Waals surface area (Å²) < 4.78 is 0. The van der Waals surface area contributed by atoms with Crippen molar-refractivity contribution >= 4 is 17.1 Å². The second-order valence-electron chi connectivity index (χ2n) is 4.36. The zero-order chi connectivity index (χ0) is 13.0. The Bertz CT molecular complexity index is 513. The number of carbonyl (C=O) groups excluding carboxylic acids is 1. The minimum atomic E-state index is -0.00504. The number of aryl methyl sites for hydroxylation is 1. The average molecular weight is 258 g/mol. The van der Waals surface area contributed by atoms with E-state index in [1.165, 1.54) is 4.88 Å². The summed E-state index contributed by atoms with van der Waals surface area (Å²) in [7, 11) is 0. The number of hydrogen-bond donors (Lipinski definition) is 0. The van der Waals surface area contributed by atoms with Crippen LogP contribution in [0.25, 0.3) is 0 Å². The molecule has 0 aliphatic carbocycles. The number of benzene rings is 1. The van der Waals surface area contributed by atoms with E-state index in [9.17, 15) is 4.79 Å². The minimum absolute atomic E-state index is 0.00504. The van der Waals surface area contributed by atoms with Gasteiger partial charge in [0.15, 0.2) is 5.78 Å². The highest BCUT2D eigenvalue weighted by molar-refractivity contribution is 7.14. The molecule has 1 unspecified atom stereocenters. The van der Waals surface area contributed by atoms with Gasteiger partial charge in [0.05, 0.1) is 4.88 Å². The molecule has 0 saturated carbocycles. The van der Waals surface area contributed by atoms with Crippen LogP contribution in [0, 0.1) is 0 Å². The topological polar surface area (TPSA) is 17.1 Å². The fourth-order valence-electron chi connectivity index (χ4n) is 2.13. The van der Waals surface area contributed by atoms with Crippen molar-refractivity contribution < 1.29 is 4.79 Å². The molecule has 0 aliphatic rings. The molecule has 1 heterocycles. The molecule has 0 saturated heterocycles. The van der Waals surface area contributed by atoms with Crippen molar-refractivity contribution in [3.05, 3.63) is 57.8 Å². The third-order valence-corrected chi connectivity index (χ3v) is 4.42. The molecule has 1 aromatic heterocycles. The lowest BCUT2D eigenvalue weighted by molar-refractivity contribution is 0.0961. The Morgan fingerprint density at radius 1 is 1.11 bits per heavy atom. The molecule has 18 heavy (non-hydrogen) atoms. The fraction of sp³-hybridized carbons (Fsp3) is 0.312. The van der Waals surface area contributed by atoms with Crippen molar-refractivity contribution in [2.45, 2.75) is 32.6 Å². The van der Waals surface area contributed by atoms with Crippen molar-refractivity contribution in [3.63, 3.8) is 0 Å². The SMILES string of the molecule is CCc1ccc(C(=O)C(CC)c2ccccc2)s1. The van der Waals surface area contributed by atoms with Crippen LogP contribution in [0.5, 0.6) is 0 Å². The van der Waals surface area contributed by atoms with Gasteiger partial charge in [-0.05, 0) is 30.5 Å². The zero-order valence-corrected chi connectivity index (χ0v) is 11.7. The van der Waals surface area contributed by atoms with E-state index in [1.54, 1.807) is 11.3 Å². The highest BCUT2D eigenvalue weighted by Crippen LogP contribution is 2.27. The predicted octanol–water partition coefficient (Wildman–Crippen LogP) is 4.69. The van der Waals surface area contributed by atoms with Crippen molar-refractivity contribution in [1.29, 1.82) is 0 Å². The van der Waals surface area contributed by atoms with Crippen LogP contribution in [-0.4, -0.2) is 5.78 Å². The zero-order valence-electron chi connectivity index (χ0n) is 10.8. The molecule has 0 bridgehead atoms. The maximum Gasteiger partial charge on any atom is 0.180 e. The Labute approximate surface area is 112 Å². The lowest BCUT2D eigenvalue weighted by Crippen LogP contribution is -2.10. The molecule has 0 fully saturated rings. The summed E-state index contributed by atoms with van der Waals surface area (Å²) in [6.45, 7) is 4.19. The molecule has 0 aliphatic heterocycles. The van der Waals surface area contributed by atoms with Gasteiger partial charge >= 0.3 is 0 Å². The van der Waals surface area contributed by atoms with Crippen molar-refractivity contribution in [2.24, 2.45) is 0 Å². The van der Waals surface area contributed by atoms with Crippen molar-refractivity contribution in [3.8, 4) is 0 Å². The van der Waals surface area contributed by atoms with Crippen LogP contribution in [0.15, 0.2) is 42.5 Å². The number of hydrogen-bond acceptors (Lipinski definition) is 2. The first kappa shape index (κ1) is 13.0. The first-order valence-electron chi connectivity index (χ1n) is 6.44. The van der Waals surface area contributed by atoms with Gasteiger partial charge in [0.25, 0.3) is 0 Å². The Morgan fingerprint density at radius 2 is 1.83 bits per heavy atom. The van der Waals surface area contributed by atoms with Gasteiger partial charge < -0.3 is 0 Å².